The average molecular weight is 385 g/mol. The van der Waals surface area contributed by atoms with Gasteiger partial charge in [0.25, 0.3) is 0 Å². The fourth-order valence-corrected chi connectivity index (χ4v) is 4.93. The van der Waals surface area contributed by atoms with Crippen LogP contribution in [-0.2, 0) is 0 Å². The first kappa shape index (κ1) is 19.5. The Kier molecular flexibility index (Phi) is 5.79. The van der Waals surface area contributed by atoms with Crippen molar-refractivity contribution >= 4 is 0 Å². The number of nitrogens with zero attached hydrogens (tertiary/aromatic N) is 2. The molecule has 4 rings (SSSR count). The Hall–Kier alpha value is -1.78. The molecule has 4 atom stereocenters. The highest BCUT2D eigenvalue weighted by Crippen LogP contribution is 2.41. The molecular formula is C24H30F2N2. The minimum atomic E-state index is -0.176. The summed E-state index contributed by atoms with van der Waals surface area (Å²) in [5.41, 5.74) is 2.09. The lowest BCUT2D eigenvalue weighted by atomic mass is 9.88. The standard InChI is InChI=1S/C24H30F2N2/c1-17-9-11-23(19-5-3-7-21(25)13-19)27(15-17)28-16-18(2)10-12-24(28)20-6-4-8-22(26)14-20/h3-8,13-14,17-18,23-24H,9-12,15-16H2,1-2H3/t17-,18-,23?,24?/m0/s1. The lowest BCUT2D eigenvalue weighted by Gasteiger charge is -2.51. The first-order valence-electron chi connectivity index (χ1n) is 10.6. The highest BCUT2D eigenvalue weighted by atomic mass is 19.1. The summed E-state index contributed by atoms with van der Waals surface area (Å²) in [5.74, 6) is 0.833. The van der Waals surface area contributed by atoms with Gasteiger partial charge in [-0.3, -0.25) is 0 Å². The maximum Gasteiger partial charge on any atom is 0.123 e. The summed E-state index contributed by atoms with van der Waals surface area (Å²) < 4.78 is 27.9. The smallest absolute Gasteiger partial charge is 0.123 e. The van der Waals surface area contributed by atoms with Crippen LogP contribution in [0.25, 0.3) is 0 Å². The second-order valence-corrected chi connectivity index (χ2v) is 8.75. The van der Waals surface area contributed by atoms with Gasteiger partial charge in [-0.15, -0.1) is 0 Å². The molecule has 2 aliphatic heterocycles. The molecular weight excluding hydrogens is 354 g/mol. The first-order chi connectivity index (χ1) is 13.5. The minimum Gasteiger partial charge on any atom is -0.233 e. The number of halogens is 2. The van der Waals surface area contributed by atoms with Gasteiger partial charge in [0.15, 0.2) is 0 Å². The fraction of sp³-hybridized carbons (Fsp3) is 0.500. The van der Waals surface area contributed by atoms with Crippen LogP contribution in [0.15, 0.2) is 48.5 Å². The Morgan fingerprint density at radius 2 is 1.11 bits per heavy atom. The van der Waals surface area contributed by atoms with E-state index in [4.69, 9.17) is 0 Å². The van der Waals surface area contributed by atoms with Gasteiger partial charge in [0.2, 0.25) is 0 Å². The third kappa shape index (κ3) is 4.13. The number of rotatable bonds is 3. The normalized spacial score (nSPS) is 29.7. The van der Waals surface area contributed by atoms with Crippen LogP contribution in [0.4, 0.5) is 8.78 Å². The highest BCUT2D eigenvalue weighted by molar-refractivity contribution is 5.23. The molecule has 2 aromatic rings. The van der Waals surface area contributed by atoms with Gasteiger partial charge in [-0.25, -0.2) is 18.8 Å². The van der Waals surface area contributed by atoms with Gasteiger partial charge in [0.05, 0.1) is 0 Å². The van der Waals surface area contributed by atoms with Crippen LogP contribution in [-0.4, -0.2) is 23.1 Å². The van der Waals surface area contributed by atoms with Gasteiger partial charge < -0.3 is 0 Å². The maximum atomic E-state index is 13.9. The Bertz CT molecular complexity index is 741. The molecule has 0 spiro atoms. The molecule has 0 N–H and O–H groups in total. The molecule has 28 heavy (non-hydrogen) atoms. The molecule has 2 fully saturated rings. The van der Waals surface area contributed by atoms with Crippen LogP contribution in [0.3, 0.4) is 0 Å². The van der Waals surface area contributed by atoms with Crippen molar-refractivity contribution in [2.75, 3.05) is 13.1 Å². The third-order valence-corrected chi connectivity index (χ3v) is 6.38. The molecule has 150 valence electrons. The van der Waals surface area contributed by atoms with E-state index < -0.39 is 0 Å². The lowest BCUT2D eigenvalue weighted by molar-refractivity contribution is -0.143. The molecule has 0 aromatic heterocycles. The second-order valence-electron chi connectivity index (χ2n) is 8.75. The predicted molar refractivity (Wildman–Crippen MR) is 108 cm³/mol. The molecule has 4 heteroatoms. The molecule has 2 unspecified atom stereocenters. The minimum absolute atomic E-state index is 0.174. The van der Waals surface area contributed by atoms with Crippen molar-refractivity contribution in [1.29, 1.82) is 0 Å². The van der Waals surface area contributed by atoms with Gasteiger partial charge in [-0.05, 0) is 72.9 Å². The van der Waals surface area contributed by atoms with E-state index in [1.807, 2.05) is 24.3 Å². The van der Waals surface area contributed by atoms with Crippen LogP contribution in [0.5, 0.6) is 0 Å². The van der Waals surface area contributed by atoms with Crippen LogP contribution in [0.2, 0.25) is 0 Å². The van der Waals surface area contributed by atoms with Gasteiger partial charge >= 0.3 is 0 Å². The van der Waals surface area contributed by atoms with Crippen LogP contribution in [0, 0.1) is 23.5 Å². The third-order valence-electron chi connectivity index (χ3n) is 6.38. The predicted octanol–water partition coefficient (Wildman–Crippen LogP) is 6.13. The fourth-order valence-electron chi connectivity index (χ4n) is 4.93. The Labute approximate surface area is 167 Å². The molecule has 0 saturated carbocycles. The van der Waals surface area contributed by atoms with E-state index in [-0.39, 0.29) is 23.7 Å². The SMILES string of the molecule is C[C@H]1CCC(c2cccc(F)c2)N(N2C[C@@H](C)CCC2c2cccc(F)c2)C1. The number of hydrogen-bond acceptors (Lipinski definition) is 2. The molecule has 0 aliphatic carbocycles. The number of piperidine rings is 2. The van der Waals surface area contributed by atoms with Crippen molar-refractivity contribution in [3.63, 3.8) is 0 Å². The van der Waals surface area contributed by atoms with Crippen molar-refractivity contribution in [2.24, 2.45) is 11.8 Å². The zero-order valence-corrected chi connectivity index (χ0v) is 16.8. The lowest BCUT2D eigenvalue weighted by Crippen LogP contribution is -2.53. The molecule has 0 bridgehead atoms. The van der Waals surface area contributed by atoms with Crippen LogP contribution >= 0.6 is 0 Å². The van der Waals surface area contributed by atoms with Crippen molar-refractivity contribution < 1.29 is 8.78 Å². The molecule has 2 nitrogen and oxygen atoms in total. The summed E-state index contributed by atoms with van der Waals surface area (Å²) in [6, 6.07) is 14.4. The monoisotopic (exact) mass is 384 g/mol. The van der Waals surface area contributed by atoms with Crippen LogP contribution < -0.4 is 0 Å². The van der Waals surface area contributed by atoms with E-state index >= 15 is 0 Å². The Morgan fingerprint density at radius 3 is 1.50 bits per heavy atom. The quantitative estimate of drug-likeness (QED) is 0.628. The molecule has 2 saturated heterocycles. The first-order valence-corrected chi connectivity index (χ1v) is 10.6. The topological polar surface area (TPSA) is 6.48 Å². The van der Waals surface area contributed by atoms with E-state index in [0.717, 1.165) is 49.9 Å². The van der Waals surface area contributed by atoms with E-state index in [1.165, 1.54) is 12.1 Å². The Morgan fingerprint density at radius 1 is 0.679 bits per heavy atom. The van der Waals surface area contributed by atoms with Gasteiger partial charge in [0.1, 0.15) is 11.6 Å². The second kappa shape index (κ2) is 8.30. The van der Waals surface area contributed by atoms with E-state index in [2.05, 4.69) is 23.9 Å². The number of hydrogen-bond donors (Lipinski definition) is 0. The van der Waals surface area contributed by atoms with E-state index in [9.17, 15) is 8.78 Å². The summed E-state index contributed by atoms with van der Waals surface area (Å²) in [5, 5.41) is 4.93. The zero-order valence-electron chi connectivity index (χ0n) is 16.8. The molecule has 2 aliphatic rings. The number of benzene rings is 2. The summed E-state index contributed by atoms with van der Waals surface area (Å²) in [4.78, 5) is 0. The molecule has 2 aromatic carbocycles. The van der Waals surface area contributed by atoms with Gasteiger partial charge in [0, 0.05) is 25.2 Å². The zero-order chi connectivity index (χ0) is 19.7. The van der Waals surface area contributed by atoms with E-state index in [0.29, 0.717) is 11.8 Å². The van der Waals surface area contributed by atoms with E-state index in [1.54, 1.807) is 12.1 Å². The van der Waals surface area contributed by atoms with Crippen LogP contribution in [0.1, 0.15) is 62.7 Å². The largest absolute Gasteiger partial charge is 0.233 e. The average Bonchev–Trinajstić information content (AvgIpc) is 2.68. The van der Waals surface area contributed by atoms with Crippen molar-refractivity contribution in [3.8, 4) is 0 Å². The molecule has 2 heterocycles. The van der Waals surface area contributed by atoms with Crippen molar-refractivity contribution in [3.05, 3.63) is 71.3 Å². The van der Waals surface area contributed by atoms with Crippen molar-refractivity contribution in [1.82, 2.24) is 10.0 Å². The van der Waals surface area contributed by atoms with Gasteiger partial charge in [-0.2, -0.15) is 0 Å². The highest BCUT2D eigenvalue weighted by Gasteiger charge is 2.38. The molecule has 0 radical (unpaired) electrons. The Balaban J connectivity index is 1.69. The summed E-state index contributed by atoms with van der Waals surface area (Å²) in [7, 11) is 0. The summed E-state index contributed by atoms with van der Waals surface area (Å²) >= 11 is 0. The summed E-state index contributed by atoms with van der Waals surface area (Å²) in [6.45, 7) is 6.50. The number of hydrazine groups is 1. The van der Waals surface area contributed by atoms with Gasteiger partial charge in [-0.1, -0.05) is 38.1 Å². The summed E-state index contributed by atoms with van der Waals surface area (Å²) in [6.07, 6.45) is 4.33. The maximum absolute atomic E-state index is 13.9. The molecule has 0 amide bonds. The van der Waals surface area contributed by atoms with Crippen molar-refractivity contribution in [2.45, 2.75) is 51.6 Å².